The zero-order valence-electron chi connectivity index (χ0n) is 10.2. The van der Waals surface area contributed by atoms with Gasteiger partial charge in [-0.05, 0) is 18.2 Å². The molecule has 0 aliphatic heterocycles. The summed E-state index contributed by atoms with van der Waals surface area (Å²) < 4.78 is 42.7. The second kappa shape index (κ2) is 4.37. The number of alkyl halides is 3. The van der Waals surface area contributed by atoms with Gasteiger partial charge in [-0.3, -0.25) is 0 Å². The molecule has 0 saturated carbocycles. The number of aromatic amines is 1. The number of nitrogens with zero attached hydrogens (tertiary/aromatic N) is 1. The summed E-state index contributed by atoms with van der Waals surface area (Å²) in [5.41, 5.74) is -0.427. The number of hydrogen-bond donors (Lipinski definition) is 2. The monoisotopic (exact) mass is 296 g/mol. The molecule has 0 radical (unpaired) electrons. The Hall–Kier alpha value is -2.77. The van der Waals surface area contributed by atoms with Gasteiger partial charge in [-0.15, -0.1) is 0 Å². The molecule has 2 aromatic heterocycles. The number of halogens is 3. The fourth-order valence-corrected chi connectivity index (χ4v) is 1.94. The highest BCUT2D eigenvalue weighted by molar-refractivity contribution is 5.88. The number of carboxylic acid groups (broad SMARTS) is 1. The van der Waals surface area contributed by atoms with Crippen LogP contribution in [0.5, 0.6) is 0 Å². The van der Waals surface area contributed by atoms with Gasteiger partial charge in [0.25, 0.3) is 0 Å². The maximum absolute atomic E-state index is 12.6. The summed E-state index contributed by atoms with van der Waals surface area (Å²) in [7, 11) is 0. The van der Waals surface area contributed by atoms with Crippen LogP contribution in [0.25, 0.3) is 22.4 Å². The lowest BCUT2D eigenvalue weighted by atomic mass is 10.1. The normalized spacial score (nSPS) is 12.0. The van der Waals surface area contributed by atoms with Crippen LogP contribution < -0.4 is 0 Å². The van der Waals surface area contributed by atoms with Crippen LogP contribution in [0.15, 0.2) is 34.9 Å². The third-order valence-electron chi connectivity index (χ3n) is 2.94. The SMILES string of the molecule is O=C(O)c1cc(-c2cc3ccc(C(F)(F)F)cc3[nH]2)on1. The quantitative estimate of drug-likeness (QED) is 0.758. The summed E-state index contributed by atoms with van der Waals surface area (Å²) in [6.45, 7) is 0. The summed E-state index contributed by atoms with van der Waals surface area (Å²) in [5, 5.41) is 12.6. The molecular weight excluding hydrogens is 289 g/mol. The van der Waals surface area contributed by atoms with Crippen molar-refractivity contribution in [2.75, 3.05) is 0 Å². The first-order chi connectivity index (χ1) is 9.84. The van der Waals surface area contributed by atoms with Gasteiger partial charge in [0.05, 0.1) is 11.3 Å². The first kappa shape index (κ1) is 13.2. The first-order valence-electron chi connectivity index (χ1n) is 5.75. The Morgan fingerprint density at radius 1 is 1.24 bits per heavy atom. The van der Waals surface area contributed by atoms with E-state index >= 15 is 0 Å². The van der Waals surface area contributed by atoms with Crippen LogP contribution in [0, 0.1) is 0 Å². The summed E-state index contributed by atoms with van der Waals surface area (Å²) in [5.74, 6) is -1.11. The zero-order valence-corrected chi connectivity index (χ0v) is 10.2. The number of benzene rings is 1. The Bertz CT molecular complexity index is 833. The maximum Gasteiger partial charge on any atom is 0.416 e. The molecule has 0 amide bonds. The van der Waals surface area contributed by atoms with Gasteiger partial charge >= 0.3 is 12.1 Å². The predicted octanol–water partition coefficient (Wildman–Crippen LogP) is 3.54. The average Bonchev–Trinajstić information content (AvgIpc) is 3.03. The zero-order chi connectivity index (χ0) is 15.2. The van der Waals surface area contributed by atoms with E-state index in [2.05, 4.69) is 10.1 Å². The number of nitrogens with one attached hydrogen (secondary N) is 1. The summed E-state index contributed by atoms with van der Waals surface area (Å²) in [4.78, 5) is 13.5. The second-order valence-electron chi connectivity index (χ2n) is 4.36. The molecule has 0 unspecified atom stereocenters. The third kappa shape index (κ3) is 2.35. The van der Waals surface area contributed by atoms with E-state index < -0.39 is 17.7 Å². The number of fused-ring (bicyclic) bond motifs is 1. The highest BCUT2D eigenvalue weighted by atomic mass is 19.4. The van der Waals surface area contributed by atoms with Gasteiger partial charge in [0.15, 0.2) is 11.5 Å². The molecule has 0 aliphatic rings. The molecule has 2 N–H and O–H groups in total. The molecule has 2 heterocycles. The van der Waals surface area contributed by atoms with E-state index in [9.17, 15) is 18.0 Å². The Morgan fingerprint density at radius 3 is 2.62 bits per heavy atom. The minimum atomic E-state index is -4.43. The first-order valence-corrected chi connectivity index (χ1v) is 5.75. The van der Waals surface area contributed by atoms with Gasteiger partial charge in [0.2, 0.25) is 0 Å². The fourth-order valence-electron chi connectivity index (χ4n) is 1.94. The molecule has 21 heavy (non-hydrogen) atoms. The number of carbonyl (C=O) groups is 1. The lowest BCUT2D eigenvalue weighted by Gasteiger charge is -2.05. The maximum atomic E-state index is 12.6. The smallest absolute Gasteiger partial charge is 0.416 e. The molecule has 3 aromatic rings. The molecular formula is C13H7F3N2O3. The van der Waals surface area contributed by atoms with Gasteiger partial charge in [-0.2, -0.15) is 13.2 Å². The number of rotatable bonds is 2. The molecule has 0 atom stereocenters. The largest absolute Gasteiger partial charge is 0.476 e. The highest BCUT2D eigenvalue weighted by Gasteiger charge is 2.30. The second-order valence-corrected chi connectivity index (χ2v) is 4.36. The Labute approximate surface area is 115 Å². The minimum absolute atomic E-state index is 0.136. The highest BCUT2D eigenvalue weighted by Crippen LogP contribution is 2.32. The van der Waals surface area contributed by atoms with Crippen LogP contribution in [0.4, 0.5) is 13.2 Å². The predicted molar refractivity (Wildman–Crippen MR) is 65.8 cm³/mol. The number of aromatic carboxylic acids is 1. The number of H-pyrrole nitrogens is 1. The van der Waals surface area contributed by atoms with E-state index in [1.165, 1.54) is 12.1 Å². The molecule has 0 aliphatic carbocycles. The van der Waals surface area contributed by atoms with Gasteiger partial charge < -0.3 is 14.6 Å². The lowest BCUT2D eigenvalue weighted by molar-refractivity contribution is -0.137. The van der Waals surface area contributed by atoms with Crippen LogP contribution in [0.1, 0.15) is 16.1 Å². The van der Waals surface area contributed by atoms with Crippen LogP contribution in [-0.4, -0.2) is 21.2 Å². The van der Waals surface area contributed by atoms with Crippen LogP contribution in [-0.2, 0) is 6.18 Å². The van der Waals surface area contributed by atoms with E-state index in [1.807, 2.05) is 0 Å². The third-order valence-corrected chi connectivity index (χ3v) is 2.94. The Kier molecular flexibility index (Phi) is 2.75. The molecule has 3 rings (SSSR count). The summed E-state index contributed by atoms with van der Waals surface area (Å²) in [6, 6.07) is 6.03. The van der Waals surface area contributed by atoms with Crippen molar-refractivity contribution in [1.82, 2.24) is 10.1 Å². The van der Waals surface area contributed by atoms with Crippen LogP contribution >= 0.6 is 0 Å². The molecule has 5 nitrogen and oxygen atoms in total. The lowest BCUT2D eigenvalue weighted by Crippen LogP contribution is -2.03. The standard InChI is InChI=1S/C13H7F3N2O3/c14-13(15,16)7-2-1-6-3-9(17-8(6)4-7)11-5-10(12(19)20)18-21-11/h1-5,17H,(H,19,20). The molecule has 0 fully saturated rings. The minimum Gasteiger partial charge on any atom is -0.476 e. The van der Waals surface area contributed by atoms with Gasteiger partial charge in [0.1, 0.15) is 0 Å². The Balaban J connectivity index is 2.06. The topological polar surface area (TPSA) is 79.1 Å². The van der Waals surface area contributed by atoms with Crippen molar-refractivity contribution >= 4 is 16.9 Å². The van der Waals surface area contributed by atoms with Gasteiger partial charge in [-0.1, -0.05) is 11.2 Å². The summed E-state index contributed by atoms with van der Waals surface area (Å²) >= 11 is 0. The molecule has 0 bridgehead atoms. The van der Waals surface area contributed by atoms with Crippen molar-refractivity contribution in [3.05, 3.63) is 41.6 Å². The van der Waals surface area contributed by atoms with Crippen molar-refractivity contribution in [3.63, 3.8) is 0 Å². The number of carboxylic acids is 1. The van der Waals surface area contributed by atoms with Crippen molar-refractivity contribution in [1.29, 1.82) is 0 Å². The van der Waals surface area contributed by atoms with E-state index in [1.54, 1.807) is 6.07 Å². The molecule has 0 spiro atoms. The fraction of sp³-hybridized carbons (Fsp3) is 0.0769. The van der Waals surface area contributed by atoms with Crippen LogP contribution in [0.2, 0.25) is 0 Å². The molecule has 8 heteroatoms. The number of aromatic nitrogens is 2. The summed E-state index contributed by atoms with van der Waals surface area (Å²) in [6.07, 6.45) is -4.43. The van der Waals surface area contributed by atoms with Gasteiger partial charge in [-0.25, -0.2) is 4.79 Å². The number of hydrogen-bond acceptors (Lipinski definition) is 3. The van der Waals surface area contributed by atoms with E-state index in [0.717, 1.165) is 12.1 Å². The van der Waals surface area contributed by atoms with E-state index in [0.29, 0.717) is 11.1 Å². The van der Waals surface area contributed by atoms with Gasteiger partial charge in [0, 0.05) is 17.0 Å². The van der Waals surface area contributed by atoms with Crippen molar-refractivity contribution in [3.8, 4) is 11.5 Å². The van der Waals surface area contributed by atoms with Crippen molar-refractivity contribution < 1.29 is 27.6 Å². The van der Waals surface area contributed by atoms with Crippen LogP contribution in [0.3, 0.4) is 0 Å². The molecule has 0 saturated heterocycles. The van der Waals surface area contributed by atoms with E-state index in [-0.39, 0.29) is 17.0 Å². The Morgan fingerprint density at radius 2 is 2.00 bits per heavy atom. The van der Waals surface area contributed by atoms with Crippen molar-refractivity contribution in [2.24, 2.45) is 0 Å². The molecule has 108 valence electrons. The molecule has 1 aromatic carbocycles. The average molecular weight is 296 g/mol. The van der Waals surface area contributed by atoms with Crippen molar-refractivity contribution in [2.45, 2.75) is 6.18 Å². The van der Waals surface area contributed by atoms with E-state index in [4.69, 9.17) is 9.63 Å².